The van der Waals surface area contributed by atoms with Gasteiger partial charge < -0.3 is 93.6 Å². The topological polar surface area (TPSA) is 423 Å². The highest BCUT2D eigenvalue weighted by molar-refractivity contribution is 14.1. The molecule has 2 amide bonds. The number of alkyl halides is 2. The predicted octanol–water partition coefficient (Wildman–Crippen LogP) is 8.71. The van der Waals surface area contributed by atoms with Crippen molar-refractivity contribution in [1.82, 2.24) is 4.90 Å². The van der Waals surface area contributed by atoms with Crippen molar-refractivity contribution >= 4 is 104 Å². The lowest BCUT2D eigenvalue weighted by molar-refractivity contribution is -0.285. The monoisotopic (exact) mass is 1700 g/mol. The number of carbonyl (C=O) groups excluding carboxylic acids is 6. The van der Waals surface area contributed by atoms with E-state index in [1.165, 1.54) is 32.6 Å². The van der Waals surface area contributed by atoms with Crippen LogP contribution in [0.15, 0.2) is 24.3 Å². The number of aliphatic hydroxyl groups is 5. The highest BCUT2D eigenvalue weighted by atomic mass is 127. The smallest absolute Gasteiger partial charge is 0.303 e. The van der Waals surface area contributed by atoms with Gasteiger partial charge in [-0.15, -0.1) is 0 Å². The van der Waals surface area contributed by atoms with Crippen molar-refractivity contribution < 1.29 is 118 Å². The van der Waals surface area contributed by atoms with Crippen molar-refractivity contribution in [2.24, 2.45) is 29.4 Å². The maximum atomic E-state index is 12.6. The van der Waals surface area contributed by atoms with Crippen LogP contribution in [0.5, 0.6) is 0 Å². The maximum absolute atomic E-state index is 12.6. The van der Waals surface area contributed by atoms with Crippen molar-refractivity contribution in [2.75, 3.05) is 78.0 Å². The molecule has 0 spiro atoms. The molecule has 13 heterocycles. The van der Waals surface area contributed by atoms with Crippen LogP contribution in [0, 0.1) is 34.7 Å². The Hall–Kier alpha value is -2.60. The van der Waals surface area contributed by atoms with E-state index in [-0.39, 0.29) is 130 Å². The second kappa shape index (κ2) is 54.1. The van der Waals surface area contributed by atoms with Crippen molar-refractivity contribution in [1.29, 1.82) is 11.1 Å². The van der Waals surface area contributed by atoms with Crippen molar-refractivity contribution in [3.63, 3.8) is 0 Å². The molecule has 0 aliphatic carbocycles. The summed E-state index contributed by atoms with van der Waals surface area (Å²) >= 11 is 7.79. The molecule has 1 aromatic rings. The molecule has 32 heteroatoms. The Morgan fingerprint density at radius 1 is 0.520 bits per heavy atom. The van der Waals surface area contributed by atoms with Gasteiger partial charge in [-0.05, 0) is 70.4 Å². The van der Waals surface area contributed by atoms with E-state index in [0.717, 1.165) is 97.4 Å². The van der Waals surface area contributed by atoms with Crippen molar-refractivity contribution in [3.8, 4) is 0 Å². The lowest BCUT2D eigenvalue weighted by atomic mass is 9.85. The Bertz CT molecular complexity index is 2410. The van der Waals surface area contributed by atoms with Gasteiger partial charge in [-0.2, -0.15) is 23.5 Å². The third kappa shape index (κ3) is 30.0. The number of nitrogens with one attached hydrogen (secondary N) is 2. The standard InChI is InChI=1S/C24H29NO8S.C14H21IO6.C12H23NO4S.C10H17IO4.C2H6O.6CH4.H2N2.H2O.H2/c1-14(26)31-20-18-9-5-6-11-30-24(21(20)32-15(2)27)33-19(18)13-34-12-10-25-22(28)16-7-3-4-8-17(16)23(25)29;1-8(16)19-12-10-5-3-4-6-18-14(21-11(10)7-15)13(12)20-9(2)17;13-4-6-18-7-9-8-3-1-2-5-16-12(17-9)11(15)10(8)14;11-5-7-6-3-1-2-4-14-10(15-7)9(13)8(6)12;1-2-3;;;;;;;1-2;;/h3-4,7-8,18-21,24H,5-6,9-13H2,1-2H3;10-14H,3-7H2,1-2H3;8-12,14-15H,1-7,13H2;6-10,12-13H,1-5H2;3H,2H2,1H3;6*1H4;1-2H;1H2;1H. The SMILES string of the molecule is C.C.C.C.C.C.CC(=O)OC1C2OCCCCC(C(CI)O2)C1OC(C)=O.CC(=O)OC1C2OCCCCC(C(CSCCN3C(=O)c4ccccc4C3=O)O2)C1OC(C)=O.CCO.N=N.NCCSCC1OC2OCCCCC1C(O)C2O.O.OC1C2OCCCCC(C(CI)O2)C1O.[HH]. The molecular formula is C68H126I2N4O24S2. The Morgan fingerprint density at radius 2 is 0.820 bits per heavy atom. The normalized spacial score (nSPS) is 32.0. The fourth-order valence-corrected chi connectivity index (χ4v) is 16.3. The van der Waals surface area contributed by atoms with E-state index in [4.69, 9.17) is 78.7 Å². The van der Waals surface area contributed by atoms with E-state index < -0.39 is 91.9 Å². The molecule has 14 rings (SSSR count). The summed E-state index contributed by atoms with van der Waals surface area (Å²) in [6.07, 6.45) is 1.69. The number of ether oxygens (including phenoxy) is 12. The van der Waals surface area contributed by atoms with Crippen molar-refractivity contribution in [3.05, 3.63) is 35.4 Å². The minimum Gasteiger partial charge on any atom is -0.458 e. The van der Waals surface area contributed by atoms with Gasteiger partial charge in [0.15, 0.2) is 37.4 Å². The first-order valence-corrected chi connectivity index (χ1v) is 37.4. The largest absolute Gasteiger partial charge is 0.458 e. The zero-order chi connectivity index (χ0) is 68.1. The molecule has 13 aliphatic rings. The molecule has 588 valence electrons. The fraction of sp³-hybridized carbons (Fsp3) is 0.824. The van der Waals surface area contributed by atoms with Crippen LogP contribution in [-0.2, 0) is 76.0 Å². The number of amides is 2. The van der Waals surface area contributed by atoms with Crippen molar-refractivity contribution in [2.45, 2.75) is 255 Å². The van der Waals surface area contributed by atoms with Gasteiger partial charge in [-0.25, -0.2) is 11.1 Å². The van der Waals surface area contributed by atoms with Crippen LogP contribution in [0.1, 0.15) is 178 Å². The summed E-state index contributed by atoms with van der Waals surface area (Å²) in [6.45, 7) is 10.4. The lowest BCUT2D eigenvalue weighted by Crippen LogP contribution is -2.58. The number of aliphatic hydroxyl groups excluding tert-OH is 5. The number of nitrogens with two attached hydrogens (primary N) is 1. The number of esters is 4. The van der Waals surface area contributed by atoms with E-state index in [2.05, 4.69) is 45.2 Å². The minimum atomic E-state index is -0.927. The van der Waals surface area contributed by atoms with Gasteiger partial charge in [0.05, 0.1) is 47.8 Å². The number of carbonyl (C=O) groups is 6. The number of hydrogen-bond acceptors (Lipinski definition) is 28. The average molecular weight is 1700 g/mol. The van der Waals surface area contributed by atoms with Gasteiger partial charge in [0, 0.05) is 131 Å². The Morgan fingerprint density at radius 3 is 1.20 bits per heavy atom. The van der Waals surface area contributed by atoms with E-state index in [9.17, 15) is 49.2 Å². The van der Waals surface area contributed by atoms with Crippen LogP contribution in [0.4, 0.5) is 0 Å². The van der Waals surface area contributed by atoms with Crippen LogP contribution in [-0.4, -0.2) is 248 Å². The summed E-state index contributed by atoms with van der Waals surface area (Å²) in [5.74, 6) is 0.377. The molecule has 20 unspecified atom stereocenters. The van der Waals surface area contributed by atoms with Crippen LogP contribution in [0.25, 0.3) is 0 Å². The molecule has 0 radical (unpaired) electrons. The highest BCUT2D eigenvalue weighted by Gasteiger charge is 2.53. The van der Waals surface area contributed by atoms with Gasteiger partial charge in [0.2, 0.25) is 0 Å². The number of fused-ring (bicyclic) bond motifs is 25. The summed E-state index contributed by atoms with van der Waals surface area (Å²) in [7, 11) is 0. The van der Waals surface area contributed by atoms with Gasteiger partial charge in [0.25, 0.3) is 11.8 Å². The molecule has 1 aromatic carbocycles. The van der Waals surface area contributed by atoms with Gasteiger partial charge in [-0.1, -0.05) is 128 Å². The summed E-state index contributed by atoms with van der Waals surface area (Å²) in [4.78, 5) is 72.8. The quantitative estimate of drug-likeness (QED) is 0.0155. The zero-order valence-electron chi connectivity index (χ0n) is 54.2. The molecular weight excluding hydrogens is 1570 g/mol. The molecule has 28 nitrogen and oxygen atoms in total. The molecule has 0 aromatic heterocycles. The molecule has 0 saturated carbocycles. The molecule has 8 bridgehead atoms. The second-order valence-corrected chi connectivity index (χ2v) is 27.5. The van der Waals surface area contributed by atoms with Gasteiger partial charge in [-0.3, -0.25) is 33.7 Å². The highest BCUT2D eigenvalue weighted by Crippen LogP contribution is 2.40. The second-order valence-electron chi connectivity index (χ2n) is 23.4. The molecule has 11 N–H and O–H groups in total. The van der Waals surface area contributed by atoms with Crippen LogP contribution >= 0.6 is 68.7 Å². The number of thioether (sulfide) groups is 2. The summed E-state index contributed by atoms with van der Waals surface area (Å²) < 4.78 is 69.7. The first kappa shape index (κ1) is 102. The molecule has 13 aliphatic heterocycles. The predicted molar refractivity (Wildman–Crippen MR) is 402 cm³/mol. The van der Waals surface area contributed by atoms with E-state index in [0.29, 0.717) is 55.6 Å². The minimum absolute atomic E-state index is 0. The number of benzene rings is 1. The molecule has 12 fully saturated rings. The van der Waals surface area contributed by atoms with E-state index in [1.807, 2.05) is 0 Å². The third-order valence-corrected chi connectivity index (χ3v) is 20.7. The number of rotatable bonds is 15. The molecule has 20 atom stereocenters. The number of halogens is 2. The first-order valence-electron chi connectivity index (χ1n) is 32.1. The fourth-order valence-electron chi connectivity index (χ4n) is 12.6. The van der Waals surface area contributed by atoms with Gasteiger partial charge >= 0.3 is 23.9 Å². The lowest BCUT2D eigenvalue weighted by Gasteiger charge is -2.44. The maximum Gasteiger partial charge on any atom is 0.303 e. The zero-order valence-corrected chi connectivity index (χ0v) is 60.2. The van der Waals surface area contributed by atoms with E-state index in [1.54, 1.807) is 54.7 Å². The summed E-state index contributed by atoms with van der Waals surface area (Å²) in [5.41, 5.74) is 16.3. The molecule has 100 heavy (non-hydrogen) atoms. The van der Waals surface area contributed by atoms with Crippen LogP contribution < -0.4 is 5.73 Å². The first-order chi connectivity index (χ1) is 44.8. The Labute approximate surface area is 631 Å². The third-order valence-electron chi connectivity index (χ3n) is 16.8. The Balaban J connectivity index is -0.000000617. The van der Waals surface area contributed by atoms with E-state index >= 15 is 0 Å². The average Bonchev–Trinajstić information content (AvgIpc) is 1.77. The van der Waals surface area contributed by atoms with Crippen LogP contribution in [0.3, 0.4) is 0 Å². The summed E-state index contributed by atoms with van der Waals surface area (Å²) in [6, 6.07) is 6.83. The number of imide groups is 1. The molecule has 12 saturated heterocycles. The Kier molecular flexibility index (Phi) is 54.9. The van der Waals surface area contributed by atoms with Gasteiger partial charge in [0.1, 0.15) is 24.4 Å². The van der Waals surface area contributed by atoms with Crippen LogP contribution in [0.2, 0.25) is 0 Å². The number of hydrogen-bond donors (Lipinski definition) is 8. The number of nitrogens with zero attached hydrogens (tertiary/aromatic N) is 1. The summed E-state index contributed by atoms with van der Waals surface area (Å²) in [5, 5.41) is 47.5.